The first-order valence-electron chi connectivity index (χ1n) is 13.5. The fourth-order valence-electron chi connectivity index (χ4n) is 5.67. The number of aromatic nitrogens is 1. The second kappa shape index (κ2) is 11.7. The summed E-state index contributed by atoms with van der Waals surface area (Å²) in [5.41, 5.74) is 3.71. The monoisotopic (exact) mass is 513 g/mol. The zero-order valence-corrected chi connectivity index (χ0v) is 21.9. The van der Waals surface area contributed by atoms with Gasteiger partial charge in [-0.2, -0.15) is 5.26 Å². The van der Waals surface area contributed by atoms with Gasteiger partial charge in [-0.1, -0.05) is 43.2 Å². The van der Waals surface area contributed by atoms with Crippen LogP contribution in [0.5, 0.6) is 0 Å². The molecule has 2 aliphatic rings. The standard InChI is InChI=1S/C30H35N5O3/c1-34-27-9-5-2-6-22(27)19-28(34)30(37)33-26-8-4-3-7-25(26)29(36)32-23(20-31)18-21-10-12-24(13-11-21)35-14-16-38-17-15-35/h2,5-6,9-13,19,23,25-26H,3-4,7-8,14-18H2,1H3,(H,32,36)(H,33,37)/t23-,25+,26-/m0/s1. The normalized spacial score (nSPS) is 20.5. The number of hydrogen-bond acceptors (Lipinski definition) is 5. The van der Waals surface area contributed by atoms with Gasteiger partial charge >= 0.3 is 0 Å². The van der Waals surface area contributed by atoms with Gasteiger partial charge in [-0.05, 0) is 42.7 Å². The second-order valence-corrected chi connectivity index (χ2v) is 10.3. The molecule has 3 atom stereocenters. The number of para-hydroxylation sites is 1. The minimum atomic E-state index is -0.631. The predicted octanol–water partition coefficient (Wildman–Crippen LogP) is 3.55. The fraction of sp³-hybridized carbons (Fsp3) is 0.433. The summed E-state index contributed by atoms with van der Waals surface area (Å²) >= 11 is 0. The van der Waals surface area contributed by atoms with E-state index in [4.69, 9.17) is 4.74 Å². The lowest BCUT2D eigenvalue weighted by Crippen LogP contribution is -2.50. The maximum atomic E-state index is 13.3. The zero-order chi connectivity index (χ0) is 26.5. The first-order valence-corrected chi connectivity index (χ1v) is 13.5. The van der Waals surface area contributed by atoms with E-state index in [1.807, 2.05) is 54.1 Å². The van der Waals surface area contributed by atoms with E-state index in [9.17, 15) is 14.9 Å². The van der Waals surface area contributed by atoms with Crippen molar-refractivity contribution in [1.29, 1.82) is 5.26 Å². The number of carbonyl (C=O) groups excluding carboxylic acids is 2. The van der Waals surface area contributed by atoms with Crippen molar-refractivity contribution >= 4 is 28.4 Å². The van der Waals surface area contributed by atoms with Crippen molar-refractivity contribution in [2.45, 2.75) is 44.2 Å². The molecule has 1 saturated heterocycles. The smallest absolute Gasteiger partial charge is 0.268 e. The Morgan fingerprint density at radius 2 is 1.82 bits per heavy atom. The van der Waals surface area contributed by atoms with Gasteiger partial charge in [0.1, 0.15) is 11.7 Å². The minimum absolute atomic E-state index is 0.163. The van der Waals surface area contributed by atoms with Crippen molar-refractivity contribution in [2.75, 3.05) is 31.2 Å². The molecule has 0 spiro atoms. The molecule has 8 nitrogen and oxygen atoms in total. The van der Waals surface area contributed by atoms with Gasteiger partial charge in [-0.3, -0.25) is 9.59 Å². The quantitative estimate of drug-likeness (QED) is 0.503. The molecule has 2 N–H and O–H groups in total. The third-order valence-electron chi connectivity index (χ3n) is 7.83. The molecule has 2 amide bonds. The van der Waals surface area contributed by atoms with Crippen LogP contribution in [-0.4, -0.2) is 54.8 Å². The number of anilines is 1. The second-order valence-electron chi connectivity index (χ2n) is 10.3. The number of fused-ring (bicyclic) bond motifs is 1. The number of nitriles is 1. The Kier molecular flexibility index (Phi) is 7.94. The van der Waals surface area contributed by atoms with Gasteiger partial charge in [0.05, 0.1) is 25.2 Å². The molecule has 3 aromatic rings. The SMILES string of the molecule is Cn1c(C(=O)N[C@H]2CCCC[C@H]2C(=O)N[C@H](C#N)Cc2ccc(N3CCOCC3)cc2)cc2ccccc21. The Morgan fingerprint density at radius 1 is 1.08 bits per heavy atom. The van der Waals surface area contributed by atoms with Crippen LogP contribution in [0.3, 0.4) is 0 Å². The first-order chi connectivity index (χ1) is 18.5. The van der Waals surface area contributed by atoms with Gasteiger partial charge in [-0.15, -0.1) is 0 Å². The Morgan fingerprint density at radius 3 is 2.55 bits per heavy atom. The molecule has 0 unspecified atom stereocenters. The Hall–Kier alpha value is -3.83. The van der Waals surface area contributed by atoms with Gasteiger partial charge in [0.2, 0.25) is 5.91 Å². The summed E-state index contributed by atoms with van der Waals surface area (Å²) in [6, 6.07) is 19.3. The molecule has 2 aromatic carbocycles. The third kappa shape index (κ3) is 5.68. The van der Waals surface area contributed by atoms with Crippen LogP contribution in [0.15, 0.2) is 54.6 Å². The van der Waals surface area contributed by atoms with E-state index in [1.54, 1.807) is 0 Å². The van der Waals surface area contributed by atoms with Crippen LogP contribution in [0, 0.1) is 17.2 Å². The maximum absolute atomic E-state index is 13.3. The van der Waals surface area contributed by atoms with Gasteiger partial charge in [0.15, 0.2) is 0 Å². The van der Waals surface area contributed by atoms with Crippen molar-refractivity contribution < 1.29 is 14.3 Å². The van der Waals surface area contributed by atoms with E-state index in [2.05, 4.69) is 33.7 Å². The summed E-state index contributed by atoms with van der Waals surface area (Å²) in [7, 11) is 1.88. The van der Waals surface area contributed by atoms with E-state index < -0.39 is 6.04 Å². The summed E-state index contributed by atoms with van der Waals surface area (Å²) < 4.78 is 7.31. The fourth-order valence-corrected chi connectivity index (χ4v) is 5.67. The summed E-state index contributed by atoms with van der Waals surface area (Å²) in [4.78, 5) is 28.8. The lowest BCUT2D eigenvalue weighted by atomic mass is 9.83. The number of carbonyl (C=O) groups is 2. The van der Waals surface area contributed by atoms with E-state index in [0.29, 0.717) is 18.5 Å². The van der Waals surface area contributed by atoms with Crippen molar-refractivity contribution in [2.24, 2.45) is 13.0 Å². The highest BCUT2D eigenvalue weighted by molar-refractivity contribution is 5.99. The Balaban J connectivity index is 1.21. The number of morpholine rings is 1. The molecule has 1 aliphatic heterocycles. The van der Waals surface area contributed by atoms with E-state index in [-0.39, 0.29) is 23.8 Å². The van der Waals surface area contributed by atoms with Gasteiger partial charge in [-0.25, -0.2) is 0 Å². The molecule has 1 saturated carbocycles. The lowest BCUT2D eigenvalue weighted by Gasteiger charge is -2.32. The van der Waals surface area contributed by atoms with Crippen molar-refractivity contribution in [3.05, 3.63) is 65.9 Å². The molecule has 198 valence electrons. The van der Waals surface area contributed by atoms with Gasteiger partial charge in [0.25, 0.3) is 5.91 Å². The number of benzene rings is 2. The van der Waals surface area contributed by atoms with Crippen LogP contribution in [0.1, 0.15) is 41.7 Å². The van der Waals surface area contributed by atoms with Crippen LogP contribution in [0.25, 0.3) is 10.9 Å². The summed E-state index contributed by atoms with van der Waals surface area (Å²) in [5.74, 6) is -0.698. The predicted molar refractivity (Wildman–Crippen MR) is 147 cm³/mol. The highest BCUT2D eigenvalue weighted by Gasteiger charge is 2.33. The number of nitrogens with one attached hydrogen (secondary N) is 2. The molecule has 0 radical (unpaired) electrons. The largest absolute Gasteiger partial charge is 0.378 e. The minimum Gasteiger partial charge on any atom is -0.378 e. The molecule has 2 heterocycles. The van der Waals surface area contributed by atoms with Crippen LogP contribution in [0.2, 0.25) is 0 Å². The highest BCUT2D eigenvalue weighted by atomic mass is 16.5. The average Bonchev–Trinajstić information content (AvgIpc) is 3.30. The van der Waals surface area contributed by atoms with Crippen LogP contribution >= 0.6 is 0 Å². The van der Waals surface area contributed by atoms with E-state index in [1.165, 1.54) is 0 Å². The van der Waals surface area contributed by atoms with Crippen LogP contribution in [0.4, 0.5) is 5.69 Å². The summed E-state index contributed by atoms with van der Waals surface area (Å²) in [6.45, 7) is 3.20. The molecular formula is C30H35N5O3. The Bertz CT molecular complexity index is 1320. The molecule has 5 rings (SSSR count). The van der Waals surface area contributed by atoms with Crippen LogP contribution in [-0.2, 0) is 23.0 Å². The molecular weight excluding hydrogens is 478 g/mol. The van der Waals surface area contributed by atoms with Crippen LogP contribution < -0.4 is 15.5 Å². The number of ether oxygens (including phenoxy) is 1. The number of rotatable bonds is 7. The topological polar surface area (TPSA) is 99.4 Å². The molecule has 2 fully saturated rings. The van der Waals surface area contributed by atoms with Crippen molar-refractivity contribution in [3.8, 4) is 6.07 Å². The first kappa shape index (κ1) is 25.8. The molecule has 0 bridgehead atoms. The number of nitrogens with zero attached hydrogens (tertiary/aromatic N) is 3. The number of aryl methyl sites for hydroxylation is 1. The number of hydrogen-bond donors (Lipinski definition) is 2. The van der Waals surface area contributed by atoms with E-state index >= 15 is 0 Å². The third-order valence-corrected chi connectivity index (χ3v) is 7.83. The van der Waals surface area contributed by atoms with Gasteiger partial charge < -0.3 is 24.8 Å². The molecule has 1 aromatic heterocycles. The Labute approximate surface area is 223 Å². The number of amides is 2. The summed E-state index contributed by atoms with van der Waals surface area (Å²) in [5, 5.41) is 16.9. The van der Waals surface area contributed by atoms with Gasteiger partial charge in [0, 0.05) is 49.2 Å². The molecule has 1 aliphatic carbocycles. The summed E-state index contributed by atoms with van der Waals surface area (Å²) in [6.07, 6.45) is 3.76. The molecule has 38 heavy (non-hydrogen) atoms. The van der Waals surface area contributed by atoms with E-state index in [0.717, 1.165) is 67.7 Å². The lowest BCUT2D eigenvalue weighted by molar-refractivity contribution is -0.127. The zero-order valence-electron chi connectivity index (χ0n) is 21.9. The highest BCUT2D eigenvalue weighted by Crippen LogP contribution is 2.26. The average molecular weight is 514 g/mol. The van der Waals surface area contributed by atoms with Crippen molar-refractivity contribution in [3.63, 3.8) is 0 Å². The molecule has 8 heteroatoms. The maximum Gasteiger partial charge on any atom is 0.268 e. The van der Waals surface area contributed by atoms with Crippen molar-refractivity contribution in [1.82, 2.24) is 15.2 Å².